The van der Waals surface area contributed by atoms with Gasteiger partial charge in [-0.05, 0) is 50.5 Å². The standard InChI is InChI=1S/C15H29NO/c1-13-5-7-14(8-6-13)12-16-10-3-2-4-15(16)9-11-17/h13-15,17H,2-12H2,1H3/t13?,14?,15-/m0/s1. The van der Waals surface area contributed by atoms with Crippen molar-refractivity contribution in [3.63, 3.8) is 0 Å². The highest BCUT2D eigenvalue weighted by Gasteiger charge is 2.26. The average molecular weight is 239 g/mol. The number of likely N-dealkylation sites (tertiary alicyclic amines) is 1. The molecule has 17 heavy (non-hydrogen) atoms. The Kier molecular flexibility index (Phi) is 5.30. The third-order valence-corrected chi connectivity index (χ3v) is 4.84. The van der Waals surface area contributed by atoms with E-state index in [-0.39, 0.29) is 0 Å². The maximum Gasteiger partial charge on any atom is 0.0445 e. The molecule has 2 nitrogen and oxygen atoms in total. The fraction of sp³-hybridized carbons (Fsp3) is 1.00. The highest BCUT2D eigenvalue weighted by molar-refractivity contribution is 4.80. The third-order valence-electron chi connectivity index (χ3n) is 4.84. The Morgan fingerprint density at radius 3 is 2.53 bits per heavy atom. The van der Waals surface area contributed by atoms with Crippen LogP contribution in [0.15, 0.2) is 0 Å². The zero-order valence-corrected chi connectivity index (χ0v) is 11.4. The lowest BCUT2D eigenvalue weighted by molar-refractivity contribution is 0.0889. The molecule has 0 aromatic rings. The zero-order valence-electron chi connectivity index (χ0n) is 11.4. The molecule has 0 amide bonds. The normalized spacial score (nSPS) is 36.0. The van der Waals surface area contributed by atoms with Crippen molar-refractivity contribution >= 4 is 0 Å². The van der Waals surface area contributed by atoms with Crippen LogP contribution in [0.2, 0.25) is 0 Å². The molecule has 2 aliphatic rings. The molecule has 1 aliphatic heterocycles. The largest absolute Gasteiger partial charge is 0.396 e. The van der Waals surface area contributed by atoms with Gasteiger partial charge < -0.3 is 10.0 Å². The Morgan fingerprint density at radius 1 is 1.06 bits per heavy atom. The number of hydrogen-bond donors (Lipinski definition) is 1. The molecule has 0 aromatic heterocycles. The SMILES string of the molecule is CC1CCC(CN2CCCC[C@H]2CCO)CC1. The van der Waals surface area contributed by atoms with Crippen molar-refractivity contribution in [2.45, 2.75) is 64.3 Å². The number of piperidine rings is 1. The second-order valence-corrected chi connectivity index (χ2v) is 6.28. The maximum absolute atomic E-state index is 9.15. The summed E-state index contributed by atoms with van der Waals surface area (Å²) in [6.07, 6.45) is 10.8. The molecule has 2 rings (SSSR count). The van der Waals surface area contributed by atoms with Gasteiger partial charge in [0, 0.05) is 19.2 Å². The molecule has 1 heterocycles. The van der Waals surface area contributed by atoms with Gasteiger partial charge in [0.1, 0.15) is 0 Å². The topological polar surface area (TPSA) is 23.5 Å². The molecule has 100 valence electrons. The van der Waals surface area contributed by atoms with Gasteiger partial charge in [0.2, 0.25) is 0 Å². The van der Waals surface area contributed by atoms with Crippen molar-refractivity contribution in [1.29, 1.82) is 0 Å². The van der Waals surface area contributed by atoms with Crippen LogP contribution in [-0.4, -0.2) is 35.7 Å². The summed E-state index contributed by atoms with van der Waals surface area (Å²) in [6.45, 7) is 5.34. The van der Waals surface area contributed by atoms with Crippen molar-refractivity contribution in [2.24, 2.45) is 11.8 Å². The van der Waals surface area contributed by atoms with E-state index in [2.05, 4.69) is 11.8 Å². The van der Waals surface area contributed by atoms with Gasteiger partial charge in [-0.25, -0.2) is 0 Å². The lowest BCUT2D eigenvalue weighted by Crippen LogP contribution is -2.43. The molecule has 0 radical (unpaired) electrons. The van der Waals surface area contributed by atoms with E-state index in [0.29, 0.717) is 12.6 Å². The number of rotatable bonds is 4. The minimum Gasteiger partial charge on any atom is -0.396 e. The monoisotopic (exact) mass is 239 g/mol. The molecule has 1 N–H and O–H groups in total. The summed E-state index contributed by atoms with van der Waals surface area (Å²) in [7, 11) is 0. The molecular weight excluding hydrogens is 210 g/mol. The van der Waals surface area contributed by atoms with Crippen LogP contribution in [0.3, 0.4) is 0 Å². The second kappa shape index (κ2) is 6.75. The van der Waals surface area contributed by atoms with Gasteiger partial charge in [-0.1, -0.05) is 26.2 Å². The minimum absolute atomic E-state index is 0.364. The van der Waals surface area contributed by atoms with E-state index in [0.717, 1.165) is 18.3 Å². The van der Waals surface area contributed by atoms with E-state index in [4.69, 9.17) is 5.11 Å². The van der Waals surface area contributed by atoms with Crippen LogP contribution < -0.4 is 0 Å². The minimum atomic E-state index is 0.364. The van der Waals surface area contributed by atoms with Crippen LogP contribution in [0.4, 0.5) is 0 Å². The third kappa shape index (κ3) is 3.96. The van der Waals surface area contributed by atoms with Gasteiger partial charge in [0.15, 0.2) is 0 Å². The highest BCUT2D eigenvalue weighted by atomic mass is 16.3. The van der Waals surface area contributed by atoms with Crippen LogP contribution in [0.5, 0.6) is 0 Å². The first-order valence-corrected chi connectivity index (χ1v) is 7.64. The van der Waals surface area contributed by atoms with Crippen molar-refractivity contribution in [2.75, 3.05) is 19.7 Å². The predicted molar refractivity (Wildman–Crippen MR) is 72.0 cm³/mol. The number of aliphatic hydroxyl groups is 1. The van der Waals surface area contributed by atoms with Gasteiger partial charge in [0.05, 0.1) is 0 Å². The van der Waals surface area contributed by atoms with Crippen LogP contribution in [0.1, 0.15) is 58.3 Å². The fourth-order valence-electron chi connectivity index (χ4n) is 3.62. The summed E-state index contributed by atoms with van der Waals surface area (Å²) < 4.78 is 0. The molecule has 2 heteroatoms. The molecular formula is C15H29NO. The Bertz CT molecular complexity index is 209. The van der Waals surface area contributed by atoms with Gasteiger partial charge in [-0.15, -0.1) is 0 Å². The highest BCUT2D eigenvalue weighted by Crippen LogP contribution is 2.30. The molecule has 0 unspecified atom stereocenters. The summed E-state index contributed by atoms with van der Waals surface area (Å²) >= 11 is 0. The molecule has 1 saturated heterocycles. The first kappa shape index (κ1) is 13.4. The van der Waals surface area contributed by atoms with Crippen LogP contribution in [0, 0.1) is 11.8 Å². The Hall–Kier alpha value is -0.0800. The van der Waals surface area contributed by atoms with E-state index in [1.165, 1.54) is 58.0 Å². The second-order valence-electron chi connectivity index (χ2n) is 6.28. The molecule has 0 aromatic carbocycles. The number of hydrogen-bond acceptors (Lipinski definition) is 2. The first-order chi connectivity index (χ1) is 8.29. The quantitative estimate of drug-likeness (QED) is 0.815. The van der Waals surface area contributed by atoms with Crippen molar-refractivity contribution < 1.29 is 5.11 Å². The lowest BCUT2D eigenvalue weighted by Gasteiger charge is -2.39. The van der Waals surface area contributed by atoms with Crippen molar-refractivity contribution in [1.82, 2.24) is 4.90 Å². The van der Waals surface area contributed by atoms with Gasteiger partial charge >= 0.3 is 0 Å². The lowest BCUT2D eigenvalue weighted by atomic mass is 9.82. The van der Waals surface area contributed by atoms with Crippen LogP contribution in [-0.2, 0) is 0 Å². The van der Waals surface area contributed by atoms with Crippen LogP contribution >= 0.6 is 0 Å². The van der Waals surface area contributed by atoms with Crippen LogP contribution in [0.25, 0.3) is 0 Å². The van der Waals surface area contributed by atoms with Gasteiger partial charge in [-0.2, -0.15) is 0 Å². The smallest absolute Gasteiger partial charge is 0.0445 e. The van der Waals surface area contributed by atoms with E-state index in [1.807, 2.05) is 0 Å². The maximum atomic E-state index is 9.15. The average Bonchev–Trinajstić information content (AvgIpc) is 2.35. The van der Waals surface area contributed by atoms with E-state index >= 15 is 0 Å². The Morgan fingerprint density at radius 2 is 1.82 bits per heavy atom. The summed E-state index contributed by atoms with van der Waals surface area (Å²) in [4.78, 5) is 2.68. The molecule has 2 fully saturated rings. The predicted octanol–water partition coefficient (Wildman–Crippen LogP) is 3.05. The van der Waals surface area contributed by atoms with E-state index < -0.39 is 0 Å². The summed E-state index contributed by atoms with van der Waals surface area (Å²) in [5, 5.41) is 9.15. The molecule has 1 saturated carbocycles. The number of nitrogens with zero attached hydrogens (tertiary/aromatic N) is 1. The summed E-state index contributed by atoms with van der Waals surface area (Å²) in [5.41, 5.74) is 0. The summed E-state index contributed by atoms with van der Waals surface area (Å²) in [5.74, 6) is 1.89. The van der Waals surface area contributed by atoms with Crippen molar-refractivity contribution in [3.8, 4) is 0 Å². The molecule has 1 aliphatic carbocycles. The van der Waals surface area contributed by atoms with Crippen molar-refractivity contribution in [3.05, 3.63) is 0 Å². The zero-order chi connectivity index (χ0) is 12.1. The summed E-state index contributed by atoms with van der Waals surface area (Å²) in [6, 6.07) is 0.674. The Labute approximate surface area is 106 Å². The fourth-order valence-corrected chi connectivity index (χ4v) is 3.62. The number of aliphatic hydroxyl groups excluding tert-OH is 1. The van der Waals surface area contributed by atoms with Gasteiger partial charge in [0.25, 0.3) is 0 Å². The molecule has 0 bridgehead atoms. The van der Waals surface area contributed by atoms with Gasteiger partial charge in [-0.3, -0.25) is 0 Å². The van der Waals surface area contributed by atoms with E-state index in [1.54, 1.807) is 0 Å². The molecule has 0 spiro atoms. The molecule has 1 atom stereocenters. The Balaban J connectivity index is 1.79. The van der Waals surface area contributed by atoms with E-state index in [9.17, 15) is 0 Å². The first-order valence-electron chi connectivity index (χ1n) is 7.64.